The van der Waals surface area contributed by atoms with Gasteiger partial charge in [-0.3, -0.25) is 4.90 Å². The number of ether oxygens (including phenoxy) is 1. The maximum atomic E-state index is 5.11. The third kappa shape index (κ3) is 5.31. The maximum Gasteiger partial charge on any atom is 0.0589 e. The normalized spacial score (nSPS) is 11.1. The highest BCUT2D eigenvalue weighted by atomic mass is 16.5. The highest BCUT2D eigenvalue weighted by Crippen LogP contribution is 2.07. The molecule has 3 heteroatoms. The summed E-state index contributed by atoms with van der Waals surface area (Å²) in [4.78, 5) is 2.39. The Kier molecular flexibility index (Phi) is 6.86. The van der Waals surface area contributed by atoms with Crippen LogP contribution in [0.1, 0.15) is 18.1 Å². The molecule has 1 rings (SSSR count). The Morgan fingerprint density at radius 1 is 1.18 bits per heavy atom. The molecule has 0 heterocycles. The molecule has 1 N–H and O–H groups in total. The zero-order chi connectivity index (χ0) is 12.5. The molecule has 0 unspecified atom stereocenters. The fraction of sp³-hybridized carbons (Fsp3) is 0.571. The zero-order valence-electron chi connectivity index (χ0n) is 11.2. The fourth-order valence-corrected chi connectivity index (χ4v) is 1.79. The highest BCUT2D eigenvalue weighted by molar-refractivity contribution is 5.22. The van der Waals surface area contributed by atoms with E-state index >= 15 is 0 Å². The third-order valence-electron chi connectivity index (χ3n) is 2.87. The van der Waals surface area contributed by atoms with Crippen LogP contribution in [0, 0.1) is 0 Å². The van der Waals surface area contributed by atoms with Gasteiger partial charge < -0.3 is 10.1 Å². The molecule has 0 atom stereocenters. The van der Waals surface area contributed by atoms with E-state index < -0.39 is 0 Å². The predicted octanol–water partition coefficient (Wildman–Crippen LogP) is 1.87. The summed E-state index contributed by atoms with van der Waals surface area (Å²) in [6, 6.07) is 8.80. The average molecular weight is 236 g/mol. The van der Waals surface area contributed by atoms with E-state index in [2.05, 4.69) is 41.4 Å². The third-order valence-corrected chi connectivity index (χ3v) is 2.87. The Bertz CT molecular complexity index is 298. The van der Waals surface area contributed by atoms with Crippen LogP contribution in [0.3, 0.4) is 0 Å². The Balaban J connectivity index is 2.48. The molecule has 0 aliphatic heterocycles. The van der Waals surface area contributed by atoms with E-state index in [1.807, 2.05) is 7.05 Å². The summed E-state index contributed by atoms with van der Waals surface area (Å²) in [6.07, 6.45) is 0. The van der Waals surface area contributed by atoms with E-state index in [4.69, 9.17) is 4.74 Å². The van der Waals surface area contributed by atoms with Crippen molar-refractivity contribution in [2.24, 2.45) is 0 Å². The van der Waals surface area contributed by atoms with Gasteiger partial charge in [-0.05, 0) is 24.7 Å². The second-order valence-corrected chi connectivity index (χ2v) is 4.21. The van der Waals surface area contributed by atoms with Gasteiger partial charge in [-0.25, -0.2) is 0 Å². The Morgan fingerprint density at radius 3 is 2.35 bits per heavy atom. The van der Waals surface area contributed by atoms with E-state index in [1.165, 1.54) is 11.1 Å². The average Bonchev–Trinajstić information content (AvgIpc) is 2.37. The van der Waals surface area contributed by atoms with Crippen molar-refractivity contribution in [3.05, 3.63) is 35.4 Å². The van der Waals surface area contributed by atoms with Crippen molar-refractivity contribution < 1.29 is 4.74 Å². The molecular weight excluding hydrogens is 212 g/mol. The number of likely N-dealkylation sites (N-methyl/N-ethyl adjacent to an activating group) is 1. The van der Waals surface area contributed by atoms with Crippen LogP contribution in [0.4, 0.5) is 0 Å². The summed E-state index contributed by atoms with van der Waals surface area (Å²) < 4.78 is 5.11. The number of benzene rings is 1. The number of methoxy groups -OCH3 is 1. The van der Waals surface area contributed by atoms with Gasteiger partial charge in [-0.2, -0.15) is 0 Å². The predicted molar refractivity (Wildman–Crippen MR) is 72.0 cm³/mol. The SMILES string of the molecule is CCN(CCOC)Cc1ccc(CNC)cc1. The van der Waals surface area contributed by atoms with Crippen LogP contribution in [-0.4, -0.2) is 38.8 Å². The molecule has 0 aliphatic rings. The molecule has 96 valence electrons. The van der Waals surface area contributed by atoms with Gasteiger partial charge in [0.25, 0.3) is 0 Å². The van der Waals surface area contributed by atoms with Gasteiger partial charge in [0, 0.05) is 26.7 Å². The molecule has 1 aromatic carbocycles. The molecule has 0 fully saturated rings. The fourth-order valence-electron chi connectivity index (χ4n) is 1.79. The summed E-state index contributed by atoms with van der Waals surface area (Å²) >= 11 is 0. The Labute approximate surface area is 105 Å². The first-order valence-electron chi connectivity index (χ1n) is 6.23. The summed E-state index contributed by atoms with van der Waals surface area (Å²) in [5.74, 6) is 0. The van der Waals surface area contributed by atoms with Crippen molar-refractivity contribution in [2.45, 2.75) is 20.0 Å². The number of nitrogens with one attached hydrogen (secondary N) is 1. The van der Waals surface area contributed by atoms with Crippen molar-refractivity contribution in [1.29, 1.82) is 0 Å². The van der Waals surface area contributed by atoms with E-state index in [0.717, 1.165) is 32.8 Å². The number of rotatable bonds is 8. The molecule has 1 aromatic rings. The van der Waals surface area contributed by atoms with Crippen LogP contribution >= 0.6 is 0 Å². The maximum absolute atomic E-state index is 5.11. The number of nitrogens with zero attached hydrogens (tertiary/aromatic N) is 1. The minimum atomic E-state index is 0.797. The molecule has 0 saturated carbocycles. The van der Waals surface area contributed by atoms with Gasteiger partial charge >= 0.3 is 0 Å². The minimum absolute atomic E-state index is 0.797. The quantitative estimate of drug-likeness (QED) is 0.746. The van der Waals surface area contributed by atoms with Gasteiger partial charge in [0.1, 0.15) is 0 Å². The lowest BCUT2D eigenvalue weighted by Crippen LogP contribution is -2.26. The molecule has 0 saturated heterocycles. The van der Waals surface area contributed by atoms with E-state index in [-0.39, 0.29) is 0 Å². The Hall–Kier alpha value is -0.900. The molecule has 0 aliphatic carbocycles. The first-order valence-corrected chi connectivity index (χ1v) is 6.23. The number of hydrogen-bond acceptors (Lipinski definition) is 3. The van der Waals surface area contributed by atoms with Gasteiger partial charge in [0.15, 0.2) is 0 Å². The van der Waals surface area contributed by atoms with E-state index in [0.29, 0.717) is 0 Å². The smallest absolute Gasteiger partial charge is 0.0589 e. The summed E-state index contributed by atoms with van der Waals surface area (Å²) in [6.45, 7) is 6.96. The molecule has 0 radical (unpaired) electrons. The monoisotopic (exact) mass is 236 g/mol. The van der Waals surface area contributed by atoms with Crippen molar-refractivity contribution in [2.75, 3.05) is 33.9 Å². The van der Waals surface area contributed by atoms with Crippen LogP contribution in [0.5, 0.6) is 0 Å². The first kappa shape index (κ1) is 14.2. The van der Waals surface area contributed by atoms with Gasteiger partial charge in [0.05, 0.1) is 6.61 Å². The highest BCUT2D eigenvalue weighted by Gasteiger charge is 2.03. The largest absolute Gasteiger partial charge is 0.383 e. The van der Waals surface area contributed by atoms with Gasteiger partial charge in [0.2, 0.25) is 0 Å². The van der Waals surface area contributed by atoms with Crippen LogP contribution in [-0.2, 0) is 17.8 Å². The lowest BCUT2D eigenvalue weighted by molar-refractivity contribution is 0.147. The molecular formula is C14H24N2O. The standard InChI is InChI=1S/C14H24N2O/c1-4-16(9-10-17-3)12-14-7-5-13(6-8-14)11-15-2/h5-8,15H,4,9-12H2,1-3H3. The number of hydrogen-bond donors (Lipinski definition) is 1. The topological polar surface area (TPSA) is 24.5 Å². The van der Waals surface area contributed by atoms with Crippen molar-refractivity contribution in [1.82, 2.24) is 10.2 Å². The lowest BCUT2D eigenvalue weighted by Gasteiger charge is -2.20. The summed E-state index contributed by atoms with van der Waals surface area (Å²) in [5.41, 5.74) is 2.69. The van der Waals surface area contributed by atoms with Crippen LogP contribution < -0.4 is 5.32 Å². The molecule has 3 nitrogen and oxygen atoms in total. The van der Waals surface area contributed by atoms with Crippen molar-refractivity contribution >= 4 is 0 Å². The Morgan fingerprint density at radius 2 is 1.82 bits per heavy atom. The molecule has 0 amide bonds. The molecule has 0 spiro atoms. The lowest BCUT2D eigenvalue weighted by atomic mass is 10.1. The summed E-state index contributed by atoms with van der Waals surface area (Å²) in [5, 5.41) is 3.16. The molecule has 17 heavy (non-hydrogen) atoms. The van der Waals surface area contributed by atoms with E-state index in [1.54, 1.807) is 7.11 Å². The van der Waals surface area contributed by atoms with Crippen molar-refractivity contribution in [3.8, 4) is 0 Å². The van der Waals surface area contributed by atoms with Crippen molar-refractivity contribution in [3.63, 3.8) is 0 Å². The molecule has 0 bridgehead atoms. The van der Waals surface area contributed by atoms with Gasteiger partial charge in [-0.1, -0.05) is 31.2 Å². The first-order chi connectivity index (χ1) is 8.30. The zero-order valence-corrected chi connectivity index (χ0v) is 11.2. The molecule has 0 aromatic heterocycles. The second-order valence-electron chi connectivity index (χ2n) is 4.21. The van der Waals surface area contributed by atoms with E-state index in [9.17, 15) is 0 Å². The van der Waals surface area contributed by atoms with Gasteiger partial charge in [-0.15, -0.1) is 0 Å². The van der Waals surface area contributed by atoms with Crippen LogP contribution in [0.2, 0.25) is 0 Å². The minimum Gasteiger partial charge on any atom is -0.383 e. The second kappa shape index (κ2) is 8.23. The summed E-state index contributed by atoms with van der Waals surface area (Å²) in [7, 11) is 3.72. The van der Waals surface area contributed by atoms with Crippen LogP contribution in [0.25, 0.3) is 0 Å². The van der Waals surface area contributed by atoms with Crippen LogP contribution in [0.15, 0.2) is 24.3 Å².